The van der Waals surface area contributed by atoms with Gasteiger partial charge in [-0.3, -0.25) is 4.79 Å². The van der Waals surface area contributed by atoms with Crippen LogP contribution < -0.4 is 5.32 Å². The number of amides is 1. The summed E-state index contributed by atoms with van der Waals surface area (Å²) in [4.78, 5) is 11.9. The molecule has 2 aromatic rings. The van der Waals surface area contributed by atoms with Gasteiger partial charge in [0.05, 0.1) is 12.1 Å². The van der Waals surface area contributed by atoms with Crippen LogP contribution in [0.5, 0.6) is 0 Å². The monoisotopic (exact) mass is 407 g/mol. The zero-order chi connectivity index (χ0) is 12.3. The summed E-state index contributed by atoms with van der Waals surface area (Å²) in [5.41, 5.74) is 0.614. The number of tetrazole rings is 1. The highest BCUT2D eigenvalue weighted by Gasteiger charge is 2.10. The molecule has 1 aromatic heterocycles. The van der Waals surface area contributed by atoms with E-state index in [1.165, 1.54) is 0 Å². The maximum atomic E-state index is 11.9. The van der Waals surface area contributed by atoms with Gasteiger partial charge in [-0.15, -0.1) is 10.2 Å². The molecule has 0 atom stereocenters. The molecule has 0 spiro atoms. The van der Waals surface area contributed by atoms with Gasteiger partial charge in [-0.05, 0) is 40.8 Å². The van der Waals surface area contributed by atoms with E-state index in [9.17, 15) is 4.79 Å². The molecule has 88 valence electrons. The van der Waals surface area contributed by atoms with Gasteiger partial charge < -0.3 is 5.32 Å². The molecular weight excluding hydrogens is 401 g/mol. The quantitative estimate of drug-likeness (QED) is 0.755. The number of aromatic nitrogens is 4. The largest absolute Gasteiger partial charge is 0.345 e. The molecule has 8 heteroatoms. The van der Waals surface area contributed by atoms with Crippen molar-refractivity contribution in [1.29, 1.82) is 0 Å². The summed E-state index contributed by atoms with van der Waals surface area (Å²) < 4.78 is 1.75. The highest BCUT2D eigenvalue weighted by molar-refractivity contribution is 14.1. The lowest BCUT2D eigenvalue weighted by atomic mass is 10.2. The maximum absolute atomic E-state index is 11.9. The van der Waals surface area contributed by atoms with Crippen LogP contribution in [0.3, 0.4) is 0 Å². The van der Waals surface area contributed by atoms with Gasteiger partial charge in [0.2, 0.25) is 0 Å². The molecule has 0 aliphatic heterocycles. The molecule has 0 saturated heterocycles. The van der Waals surface area contributed by atoms with E-state index in [-0.39, 0.29) is 12.5 Å². The van der Waals surface area contributed by atoms with E-state index in [4.69, 9.17) is 0 Å². The Morgan fingerprint density at radius 3 is 3.06 bits per heavy atom. The molecule has 0 radical (unpaired) electrons. The number of H-pyrrole nitrogens is 1. The van der Waals surface area contributed by atoms with E-state index in [0.717, 1.165) is 8.04 Å². The molecule has 2 N–H and O–H groups in total. The predicted molar refractivity (Wildman–Crippen MR) is 72.2 cm³/mol. The van der Waals surface area contributed by atoms with Crippen molar-refractivity contribution in [3.05, 3.63) is 37.6 Å². The number of hydrogen-bond donors (Lipinski definition) is 2. The maximum Gasteiger partial charge on any atom is 0.252 e. The van der Waals surface area contributed by atoms with Crippen LogP contribution in [0.1, 0.15) is 16.2 Å². The van der Waals surface area contributed by atoms with Crippen LogP contribution in [0.25, 0.3) is 0 Å². The highest BCUT2D eigenvalue weighted by atomic mass is 127. The van der Waals surface area contributed by atoms with Crippen molar-refractivity contribution in [2.24, 2.45) is 0 Å². The number of aromatic amines is 1. The molecule has 0 bridgehead atoms. The summed E-state index contributed by atoms with van der Waals surface area (Å²) in [6.45, 7) is 0.248. The van der Waals surface area contributed by atoms with Crippen molar-refractivity contribution in [3.63, 3.8) is 0 Å². The van der Waals surface area contributed by atoms with E-state index < -0.39 is 0 Å². The fraction of sp³-hybridized carbons (Fsp3) is 0.111. The molecule has 17 heavy (non-hydrogen) atoms. The normalized spacial score (nSPS) is 10.2. The minimum atomic E-state index is -0.166. The smallest absolute Gasteiger partial charge is 0.252 e. The van der Waals surface area contributed by atoms with Crippen LogP contribution >= 0.6 is 38.5 Å². The minimum absolute atomic E-state index is 0.166. The van der Waals surface area contributed by atoms with Gasteiger partial charge in [-0.2, -0.15) is 5.21 Å². The first kappa shape index (κ1) is 12.4. The summed E-state index contributed by atoms with van der Waals surface area (Å²) in [7, 11) is 0. The summed E-state index contributed by atoms with van der Waals surface area (Å²) >= 11 is 5.45. The highest BCUT2D eigenvalue weighted by Crippen LogP contribution is 2.18. The molecule has 0 unspecified atom stereocenters. The average Bonchev–Trinajstić information content (AvgIpc) is 2.82. The SMILES string of the molecule is O=C(NCc1nn[nH]n1)c1cc(Br)ccc1I. The lowest BCUT2D eigenvalue weighted by molar-refractivity contribution is 0.0949. The Hall–Kier alpha value is -1.03. The van der Waals surface area contributed by atoms with Gasteiger partial charge in [0.1, 0.15) is 0 Å². The van der Waals surface area contributed by atoms with Crippen molar-refractivity contribution in [2.45, 2.75) is 6.54 Å². The van der Waals surface area contributed by atoms with Gasteiger partial charge in [-0.1, -0.05) is 21.1 Å². The second-order valence-electron chi connectivity index (χ2n) is 3.13. The zero-order valence-corrected chi connectivity index (χ0v) is 12.2. The van der Waals surface area contributed by atoms with Crippen molar-refractivity contribution in [1.82, 2.24) is 25.9 Å². The Balaban J connectivity index is 2.07. The Bertz CT molecular complexity index is 530. The van der Waals surface area contributed by atoms with E-state index in [1.807, 2.05) is 12.1 Å². The average molecular weight is 408 g/mol. The van der Waals surface area contributed by atoms with Crippen molar-refractivity contribution in [3.8, 4) is 0 Å². The third-order valence-electron chi connectivity index (χ3n) is 1.97. The van der Waals surface area contributed by atoms with E-state index >= 15 is 0 Å². The third kappa shape index (κ3) is 3.22. The molecule has 1 aromatic carbocycles. The van der Waals surface area contributed by atoms with Crippen LogP contribution in [0.2, 0.25) is 0 Å². The molecule has 6 nitrogen and oxygen atoms in total. The predicted octanol–water partition coefficient (Wildman–Crippen LogP) is 1.50. The van der Waals surface area contributed by atoms with Crippen molar-refractivity contribution < 1.29 is 4.79 Å². The van der Waals surface area contributed by atoms with Gasteiger partial charge in [0, 0.05) is 8.04 Å². The van der Waals surface area contributed by atoms with Gasteiger partial charge in [0.15, 0.2) is 5.82 Å². The number of hydrogen-bond acceptors (Lipinski definition) is 4. The number of nitrogens with one attached hydrogen (secondary N) is 2. The molecule has 0 fully saturated rings. The lowest BCUT2D eigenvalue weighted by Crippen LogP contribution is -2.24. The summed E-state index contributed by atoms with van der Waals surface area (Å²) in [6, 6.07) is 5.53. The zero-order valence-electron chi connectivity index (χ0n) is 8.44. The van der Waals surface area contributed by atoms with Crippen LogP contribution in [0.4, 0.5) is 0 Å². The number of rotatable bonds is 3. The minimum Gasteiger partial charge on any atom is -0.345 e. The van der Waals surface area contributed by atoms with E-state index in [2.05, 4.69) is 64.5 Å². The summed E-state index contributed by atoms with van der Waals surface area (Å²) in [6.07, 6.45) is 0. The van der Waals surface area contributed by atoms with Crippen LogP contribution in [0, 0.1) is 3.57 Å². The first-order valence-electron chi connectivity index (χ1n) is 4.62. The Morgan fingerprint density at radius 1 is 1.53 bits per heavy atom. The topological polar surface area (TPSA) is 83.6 Å². The Labute approximate surface area is 119 Å². The first-order chi connectivity index (χ1) is 8.16. The summed E-state index contributed by atoms with van der Waals surface area (Å²) in [5.74, 6) is 0.281. The molecule has 2 rings (SSSR count). The lowest BCUT2D eigenvalue weighted by Gasteiger charge is -2.05. The number of carbonyl (C=O) groups excluding carboxylic acids is 1. The number of benzene rings is 1. The molecule has 0 aliphatic carbocycles. The van der Waals surface area contributed by atoms with Gasteiger partial charge in [0.25, 0.3) is 5.91 Å². The Kier molecular flexibility index (Phi) is 4.05. The van der Waals surface area contributed by atoms with E-state index in [0.29, 0.717) is 11.4 Å². The summed E-state index contributed by atoms with van der Waals surface area (Å²) in [5, 5.41) is 15.9. The number of halogens is 2. The molecule has 0 saturated carbocycles. The number of carbonyl (C=O) groups is 1. The van der Waals surface area contributed by atoms with Crippen LogP contribution in [-0.2, 0) is 6.54 Å². The van der Waals surface area contributed by atoms with E-state index in [1.54, 1.807) is 6.07 Å². The van der Waals surface area contributed by atoms with Gasteiger partial charge in [-0.25, -0.2) is 0 Å². The molecule has 0 aliphatic rings. The molecule has 1 heterocycles. The fourth-order valence-electron chi connectivity index (χ4n) is 1.18. The standard InChI is InChI=1S/C9H7BrIN5O/c10-5-1-2-7(11)6(3-5)9(17)12-4-8-13-15-16-14-8/h1-3H,4H2,(H,12,17)(H,13,14,15,16). The van der Waals surface area contributed by atoms with Crippen molar-refractivity contribution in [2.75, 3.05) is 0 Å². The molecule has 1 amide bonds. The first-order valence-corrected chi connectivity index (χ1v) is 6.49. The van der Waals surface area contributed by atoms with Crippen LogP contribution in [-0.4, -0.2) is 26.5 Å². The third-order valence-corrected chi connectivity index (χ3v) is 3.40. The fourth-order valence-corrected chi connectivity index (χ4v) is 2.12. The van der Waals surface area contributed by atoms with Crippen molar-refractivity contribution >= 4 is 44.4 Å². The Morgan fingerprint density at radius 2 is 2.35 bits per heavy atom. The van der Waals surface area contributed by atoms with Crippen LogP contribution in [0.15, 0.2) is 22.7 Å². The second-order valence-corrected chi connectivity index (χ2v) is 5.21. The van der Waals surface area contributed by atoms with Gasteiger partial charge >= 0.3 is 0 Å². The molecular formula is C9H7BrIN5O. The number of nitrogens with zero attached hydrogens (tertiary/aromatic N) is 3. The second kappa shape index (κ2) is 5.54.